The third kappa shape index (κ3) is 8.13. The Morgan fingerprint density at radius 3 is 1.33 bits per heavy atom. The molecule has 0 radical (unpaired) electrons. The number of nitrogens with one attached hydrogen (secondary N) is 2. The number of carbonyl (C=O) groups is 4. The van der Waals surface area contributed by atoms with Crippen LogP contribution in [0.1, 0.15) is 11.1 Å². The highest BCUT2D eigenvalue weighted by Crippen LogP contribution is 2.04. The molecule has 1 aromatic rings. The van der Waals surface area contributed by atoms with E-state index in [4.69, 9.17) is 0 Å². The average Bonchev–Trinajstić information content (AvgIpc) is 2.55. The van der Waals surface area contributed by atoms with Gasteiger partial charge in [-0.2, -0.15) is 0 Å². The fraction of sp³-hybridized carbons (Fsp3) is 0.125. The zero-order chi connectivity index (χ0) is 17.9. The van der Waals surface area contributed by atoms with Gasteiger partial charge in [0.05, 0.1) is 11.9 Å². The number of rotatable bonds is 8. The van der Waals surface area contributed by atoms with Gasteiger partial charge in [-0.3, -0.25) is 9.59 Å². The SMILES string of the molecule is O=C([O-])/C=C/C(=O)NCc1ccc(CNC(=O)/C=C/C(=O)[O-])cc1. The molecule has 0 spiro atoms. The van der Waals surface area contributed by atoms with Gasteiger partial charge in [0.1, 0.15) is 0 Å². The van der Waals surface area contributed by atoms with Crippen LogP contribution in [0.25, 0.3) is 0 Å². The highest BCUT2D eigenvalue weighted by atomic mass is 16.4. The van der Waals surface area contributed by atoms with Gasteiger partial charge in [0.2, 0.25) is 11.8 Å². The second-order valence-corrected chi connectivity index (χ2v) is 4.56. The van der Waals surface area contributed by atoms with Gasteiger partial charge in [-0.25, -0.2) is 0 Å². The van der Waals surface area contributed by atoms with E-state index in [1.54, 1.807) is 24.3 Å². The van der Waals surface area contributed by atoms with Crippen molar-refractivity contribution in [3.63, 3.8) is 0 Å². The molecule has 8 nitrogen and oxygen atoms in total. The molecular formula is C16H14N2O6-2. The standard InChI is InChI=1S/C16H16N2O6/c19-13(5-7-15(21)22)17-9-11-1-2-12(4-3-11)10-18-14(20)6-8-16(23)24/h1-8H,9-10H2,(H,17,19)(H,18,20)(H,21,22)(H,23,24)/p-2/b7-5+,8-6+. The van der Waals surface area contributed by atoms with E-state index in [0.717, 1.165) is 23.3 Å². The van der Waals surface area contributed by atoms with E-state index >= 15 is 0 Å². The van der Waals surface area contributed by atoms with Gasteiger partial charge in [-0.15, -0.1) is 0 Å². The maximum Gasteiger partial charge on any atom is 0.244 e. The van der Waals surface area contributed by atoms with E-state index in [-0.39, 0.29) is 13.1 Å². The summed E-state index contributed by atoms with van der Waals surface area (Å²) in [6.07, 6.45) is 2.99. The van der Waals surface area contributed by atoms with Crippen LogP contribution < -0.4 is 20.8 Å². The van der Waals surface area contributed by atoms with Crippen molar-refractivity contribution in [1.82, 2.24) is 10.6 Å². The van der Waals surface area contributed by atoms with Gasteiger partial charge in [-0.1, -0.05) is 24.3 Å². The molecule has 0 heterocycles. The number of carbonyl (C=O) groups excluding carboxylic acids is 4. The van der Waals surface area contributed by atoms with Crippen molar-refractivity contribution in [2.45, 2.75) is 13.1 Å². The van der Waals surface area contributed by atoms with Crippen molar-refractivity contribution in [2.24, 2.45) is 0 Å². The van der Waals surface area contributed by atoms with Crippen LogP contribution in [0.5, 0.6) is 0 Å². The first kappa shape index (κ1) is 18.6. The second-order valence-electron chi connectivity index (χ2n) is 4.56. The number of benzene rings is 1. The lowest BCUT2D eigenvalue weighted by atomic mass is 10.1. The number of carboxylic acid groups (broad SMARTS) is 2. The van der Waals surface area contributed by atoms with Crippen LogP contribution in [-0.2, 0) is 32.3 Å². The van der Waals surface area contributed by atoms with Crippen LogP contribution in [0.2, 0.25) is 0 Å². The Bertz CT molecular complexity index is 617. The largest absolute Gasteiger partial charge is 0.545 e. The monoisotopic (exact) mass is 330 g/mol. The molecule has 0 aliphatic carbocycles. The molecule has 0 unspecified atom stereocenters. The van der Waals surface area contributed by atoms with E-state index in [2.05, 4.69) is 10.6 Å². The number of hydrogen-bond donors (Lipinski definition) is 2. The van der Waals surface area contributed by atoms with Crippen LogP contribution in [-0.4, -0.2) is 23.8 Å². The number of amides is 2. The van der Waals surface area contributed by atoms with Gasteiger partial charge in [0, 0.05) is 25.2 Å². The van der Waals surface area contributed by atoms with Crippen molar-refractivity contribution in [3.8, 4) is 0 Å². The number of hydrogen-bond acceptors (Lipinski definition) is 6. The van der Waals surface area contributed by atoms with Crippen LogP contribution in [0.4, 0.5) is 0 Å². The summed E-state index contributed by atoms with van der Waals surface area (Å²) >= 11 is 0. The lowest BCUT2D eigenvalue weighted by Gasteiger charge is -2.06. The summed E-state index contributed by atoms with van der Waals surface area (Å²) in [5.41, 5.74) is 1.55. The summed E-state index contributed by atoms with van der Waals surface area (Å²) in [6, 6.07) is 6.89. The maximum atomic E-state index is 11.3. The minimum atomic E-state index is -1.45. The van der Waals surface area contributed by atoms with Crippen LogP contribution >= 0.6 is 0 Å². The van der Waals surface area contributed by atoms with Crippen LogP contribution in [0.3, 0.4) is 0 Å². The molecular weight excluding hydrogens is 316 g/mol. The summed E-state index contributed by atoms with van der Waals surface area (Å²) in [7, 11) is 0. The fourth-order valence-electron chi connectivity index (χ4n) is 1.56. The molecule has 0 aliphatic rings. The first-order chi connectivity index (χ1) is 11.4. The smallest absolute Gasteiger partial charge is 0.244 e. The van der Waals surface area contributed by atoms with E-state index in [1.807, 2.05) is 0 Å². The van der Waals surface area contributed by atoms with E-state index in [1.165, 1.54) is 0 Å². The van der Waals surface area contributed by atoms with Gasteiger partial charge >= 0.3 is 0 Å². The summed E-state index contributed by atoms with van der Waals surface area (Å²) in [5, 5.41) is 25.3. The van der Waals surface area contributed by atoms with Gasteiger partial charge < -0.3 is 30.4 Å². The van der Waals surface area contributed by atoms with Crippen molar-refractivity contribution < 1.29 is 29.4 Å². The number of carboxylic acids is 2. The minimum Gasteiger partial charge on any atom is -0.545 e. The fourth-order valence-corrected chi connectivity index (χ4v) is 1.56. The molecule has 126 valence electrons. The van der Waals surface area contributed by atoms with E-state index < -0.39 is 23.8 Å². The molecule has 2 amide bonds. The molecule has 0 aliphatic heterocycles. The molecule has 1 rings (SSSR count). The van der Waals surface area contributed by atoms with Crippen LogP contribution in [0, 0.1) is 0 Å². The number of aliphatic carboxylic acids is 2. The summed E-state index contributed by atoms with van der Waals surface area (Å²) in [4.78, 5) is 42.9. The normalized spacial score (nSPS) is 10.7. The van der Waals surface area contributed by atoms with Crippen molar-refractivity contribution >= 4 is 23.8 Å². The molecule has 0 saturated heterocycles. The molecule has 2 N–H and O–H groups in total. The molecule has 0 atom stereocenters. The van der Waals surface area contributed by atoms with Gasteiger partial charge in [0.25, 0.3) is 0 Å². The lowest BCUT2D eigenvalue weighted by Crippen LogP contribution is -2.24. The molecule has 8 heteroatoms. The molecule has 0 aromatic heterocycles. The van der Waals surface area contributed by atoms with Crippen molar-refractivity contribution in [1.29, 1.82) is 0 Å². The Labute approximate surface area is 137 Å². The summed E-state index contributed by atoms with van der Waals surface area (Å²) in [6.45, 7) is 0.411. The zero-order valence-electron chi connectivity index (χ0n) is 12.5. The summed E-state index contributed by atoms with van der Waals surface area (Å²) in [5.74, 6) is -4.03. The lowest BCUT2D eigenvalue weighted by molar-refractivity contribution is -0.298. The van der Waals surface area contributed by atoms with Gasteiger partial charge in [0.15, 0.2) is 0 Å². The Balaban J connectivity index is 2.43. The Hall–Kier alpha value is -3.42. The van der Waals surface area contributed by atoms with Crippen molar-refractivity contribution in [2.75, 3.05) is 0 Å². The molecule has 0 saturated carbocycles. The highest BCUT2D eigenvalue weighted by molar-refractivity contribution is 5.93. The molecule has 24 heavy (non-hydrogen) atoms. The van der Waals surface area contributed by atoms with Crippen molar-refractivity contribution in [3.05, 3.63) is 59.7 Å². The van der Waals surface area contributed by atoms with E-state index in [0.29, 0.717) is 12.2 Å². The summed E-state index contributed by atoms with van der Waals surface area (Å²) < 4.78 is 0. The molecule has 1 aromatic carbocycles. The third-order valence-electron chi connectivity index (χ3n) is 2.70. The Kier molecular flexibility index (Phi) is 7.43. The maximum absolute atomic E-state index is 11.3. The molecule has 0 fully saturated rings. The van der Waals surface area contributed by atoms with Crippen LogP contribution in [0.15, 0.2) is 48.6 Å². The Morgan fingerprint density at radius 1 is 0.708 bits per heavy atom. The topological polar surface area (TPSA) is 138 Å². The average molecular weight is 330 g/mol. The first-order valence-electron chi connectivity index (χ1n) is 6.78. The van der Waals surface area contributed by atoms with Gasteiger partial charge in [-0.05, 0) is 23.3 Å². The quantitative estimate of drug-likeness (QED) is 0.507. The third-order valence-corrected chi connectivity index (χ3v) is 2.70. The second kappa shape index (κ2) is 9.57. The predicted octanol–water partition coefficient (Wildman–Crippen LogP) is -2.47. The molecule has 0 bridgehead atoms. The predicted molar refractivity (Wildman–Crippen MR) is 78.4 cm³/mol. The first-order valence-corrected chi connectivity index (χ1v) is 6.78. The minimum absolute atomic E-state index is 0.206. The van der Waals surface area contributed by atoms with E-state index in [9.17, 15) is 29.4 Å². The Morgan fingerprint density at radius 2 is 1.04 bits per heavy atom. The zero-order valence-corrected chi connectivity index (χ0v) is 12.5. The highest BCUT2D eigenvalue weighted by Gasteiger charge is 1.99.